The minimum Gasteiger partial charge on any atom is -0.269 e. The van der Waals surface area contributed by atoms with Gasteiger partial charge in [-0.25, -0.2) is 0 Å². The molecule has 0 bridgehead atoms. The summed E-state index contributed by atoms with van der Waals surface area (Å²) < 4.78 is 0. The number of nitrogens with zero attached hydrogens (tertiary/aromatic N) is 1. The first-order valence-electron chi connectivity index (χ1n) is 4.08. The standard InChI is InChI=1S/C10H8ClNO2/c1-14-12-9-5-3-2-4-7(9)8(6-11)10(12)13/h2-6H,1H3/b8-6-. The normalized spacial score (nSPS) is 17.7. The Hall–Kier alpha value is -1.32. The summed E-state index contributed by atoms with van der Waals surface area (Å²) in [6.07, 6.45) is 0. The fourth-order valence-electron chi connectivity index (χ4n) is 1.50. The maximum Gasteiger partial charge on any atom is 0.283 e. The monoisotopic (exact) mass is 209 g/mol. The van der Waals surface area contributed by atoms with Crippen molar-refractivity contribution in [1.29, 1.82) is 0 Å². The third-order valence-corrected chi connectivity index (χ3v) is 2.34. The van der Waals surface area contributed by atoms with Gasteiger partial charge in [-0.15, -0.1) is 0 Å². The number of hydrogen-bond acceptors (Lipinski definition) is 2. The Morgan fingerprint density at radius 2 is 2.14 bits per heavy atom. The maximum atomic E-state index is 11.7. The van der Waals surface area contributed by atoms with Gasteiger partial charge in [-0.1, -0.05) is 29.8 Å². The molecule has 1 aromatic carbocycles. The van der Waals surface area contributed by atoms with E-state index in [4.69, 9.17) is 16.4 Å². The van der Waals surface area contributed by atoms with Crippen LogP contribution in [0.3, 0.4) is 0 Å². The number of halogens is 1. The molecule has 0 saturated heterocycles. The molecule has 0 radical (unpaired) electrons. The van der Waals surface area contributed by atoms with Gasteiger partial charge < -0.3 is 0 Å². The van der Waals surface area contributed by atoms with Crippen molar-refractivity contribution in [3.8, 4) is 0 Å². The fraction of sp³-hybridized carbons (Fsp3) is 0.100. The van der Waals surface area contributed by atoms with Crippen molar-refractivity contribution >= 4 is 28.8 Å². The number of carbonyl (C=O) groups excluding carboxylic acids is 1. The van der Waals surface area contributed by atoms with Gasteiger partial charge in [0.25, 0.3) is 5.91 Å². The first-order chi connectivity index (χ1) is 6.79. The summed E-state index contributed by atoms with van der Waals surface area (Å²) in [6, 6.07) is 7.34. The van der Waals surface area contributed by atoms with Crippen LogP contribution in [0.25, 0.3) is 5.57 Å². The lowest BCUT2D eigenvalue weighted by molar-refractivity contribution is -0.118. The number of hydrogen-bond donors (Lipinski definition) is 0. The molecular weight excluding hydrogens is 202 g/mol. The molecule has 0 unspecified atom stereocenters. The van der Waals surface area contributed by atoms with E-state index in [-0.39, 0.29) is 5.91 Å². The van der Waals surface area contributed by atoms with Crippen LogP contribution < -0.4 is 5.06 Å². The number of hydroxylamine groups is 1. The zero-order valence-electron chi connectivity index (χ0n) is 7.53. The highest BCUT2D eigenvalue weighted by Gasteiger charge is 2.32. The summed E-state index contributed by atoms with van der Waals surface area (Å²) in [6.45, 7) is 0. The Morgan fingerprint density at radius 1 is 1.43 bits per heavy atom. The van der Waals surface area contributed by atoms with Gasteiger partial charge in [0.1, 0.15) is 0 Å². The number of carbonyl (C=O) groups is 1. The smallest absolute Gasteiger partial charge is 0.269 e. The quantitative estimate of drug-likeness (QED) is 0.664. The summed E-state index contributed by atoms with van der Waals surface area (Å²) in [7, 11) is 1.45. The predicted octanol–water partition coefficient (Wildman–Crippen LogP) is 2.17. The molecule has 0 fully saturated rings. The van der Waals surface area contributed by atoms with E-state index >= 15 is 0 Å². The molecule has 2 rings (SSSR count). The number of rotatable bonds is 1. The van der Waals surface area contributed by atoms with Gasteiger partial charge in [-0.05, 0) is 6.07 Å². The summed E-state index contributed by atoms with van der Waals surface area (Å²) in [5.74, 6) is -0.233. The van der Waals surface area contributed by atoms with E-state index in [1.807, 2.05) is 24.3 Å². The van der Waals surface area contributed by atoms with E-state index in [9.17, 15) is 4.79 Å². The molecule has 1 amide bonds. The van der Waals surface area contributed by atoms with Crippen LogP contribution in [0.2, 0.25) is 0 Å². The maximum absolute atomic E-state index is 11.7. The van der Waals surface area contributed by atoms with E-state index in [1.165, 1.54) is 17.7 Å². The number of fused-ring (bicyclic) bond motifs is 1. The first kappa shape index (κ1) is 9.24. The SMILES string of the molecule is CON1C(=O)/C(=C\Cl)c2ccccc21. The Bertz CT molecular complexity index is 414. The van der Waals surface area contributed by atoms with Crippen LogP contribution in [0, 0.1) is 0 Å². The van der Waals surface area contributed by atoms with Gasteiger partial charge in [0.15, 0.2) is 0 Å². The molecule has 0 saturated carbocycles. The van der Waals surface area contributed by atoms with Gasteiger partial charge in [-0.2, -0.15) is 5.06 Å². The van der Waals surface area contributed by atoms with Crippen molar-refractivity contribution in [2.75, 3.05) is 12.2 Å². The van der Waals surface area contributed by atoms with Crippen LogP contribution in [0.4, 0.5) is 5.69 Å². The van der Waals surface area contributed by atoms with Gasteiger partial charge in [0.05, 0.1) is 18.4 Å². The molecule has 4 heteroatoms. The van der Waals surface area contributed by atoms with Crippen molar-refractivity contribution in [2.24, 2.45) is 0 Å². The Balaban J connectivity index is 2.62. The minimum atomic E-state index is -0.233. The summed E-state index contributed by atoms with van der Waals surface area (Å²) in [4.78, 5) is 16.6. The molecule has 72 valence electrons. The van der Waals surface area contributed by atoms with Crippen LogP contribution in [-0.2, 0) is 9.63 Å². The number of benzene rings is 1. The molecule has 1 aliphatic heterocycles. The highest BCUT2D eigenvalue weighted by molar-refractivity contribution is 6.40. The molecule has 0 spiro atoms. The molecular formula is C10H8ClNO2. The van der Waals surface area contributed by atoms with E-state index in [0.29, 0.717) is 5.57 Å². The predicted molar refractivity (Wildman–Crippen MR) is 54.8 cm³/mol. The fourth-order valence-corrected chi connectivity index (χ4v) is 1.71. The molecule has 3 nitrogen and oxygen atoms in total. The van der Waals surface area contributed by atoms with Crippen LogP contribution in [-0.4, -0.2) is 13.0 Å². The molecule has 1 aliphatic rings. The van der Waals surface area contributed by atoms with Crippen molar-refractivity contribution < 1.29 is 9.63 Å². The lowest BCUT2D eigenvalue weighted by Gasteiger charge is -2.12. The number of para-hydroxylation sites is 1. The van der Waals surface area contributed by atoms with E-state index in [1.54, 1.807) is 0 Å². The third-order valence-electron chi connectivity index (χ3n) is 2.12. The lowest BCUT2D eigenvalue weighted by Crippen LogP contribution is -2.24. The minimum absolute atomic E-state index is 0.233. The van der Waals surface area contributed by atoms with Crippen molar-refractivity contribution in [3.63, 3.8) is 0 Å². The lowest BCUT2D eigenvalue weighted by atomic mass is 10.1. The van der Waals surface area contributed by atoms with Crippen molar-refractivity contribution in [1.82, 2.24) is 0 Å². The van der Waals surface area contributed by atoms with E-state index in [0.717, 1.165) is 11.3 Å². The Labute approximate surface area is 86.5 Å². The van der Waals surface area contributed by atoms with Gasteiger partial charge in [0, 0.05) is 11.1 Å². The largest absolute Gasteiger partial charge is 0.283 e. The van der Waals surface area contributed by atoms with Crippen LogP contribution in [0.15, 0.2) is 29.8 Å². The first-order valence-corrected chi connectivity index (χ1v) is 4.51. The average Bonchev–Trinajstić information content (AvgIpc) is 2.49. The Kier molecular flexibility index (Phi) is 2.27. The second kappa shape index (κ2) is 3.44. The van der Waals surface area contributed by atoms with Crippen molar-refractivity contribution in [2.45, 2.75) is 0 Å². The molecule has 0 aliphatic carbocycles. The van der Waals surface area contributed by atoms with Crippen LogP contribution in [0.5, 0.6) is 0 Å². The number of anilines is 1. The highest BCUT2D eigenvalue weighted by atomic mass is 35.5. The average molecular weight is 210 g/mol. The van der Waals surface area contributed by atoms with Gasteiger partial charge in [-0.3, -0.25) is 9.63 Å². The van der Waals surface area contributed by atoms with E-state index in [2.05, 4.69) is 0 Å². The van der Waals surface area contributed by atoms with Crippen LogP contribution >= 0.6 is 11.6 Å². The summed E-state index contributed by atoms with van der Waals surface area (Å²) in [5, 5.41) is 1.23. The molecule has 0 atom stereocenters. The molecule has 1 heterocycles. The summed E-state index contributed by atoms with van der Waals surface area (Å²) in [5.41, 5.74) is 3.27. The molecule has 1 aromatic rings. The second-order valence-corrected chi connectivity index (χ2v) is 3.04. The molecule has 0 N–H and O–H groups in total. The molecule has 14 heavy (non-hydrogen) atoms. The highest BCUT2D eigenvalue weighted by Crippen LogP contribution is 2.36. The number of amides is 1. The van der Waals surface area contributed by atoms with Crippen LogP contribution in [0.1, 0.15) is 5.56 Å². The Morgan fingerprint density at radius 3 is 2.79 bits per heavy atom. The molecule has 0 aromatic heterocycles. The van der Waals surface area contributed by atoms with Gasteiger partial charge in [0.2, 0.25) is 0 Å². The zero-order chi connectivity index (χ0) is 10.1. The zero-order valence-corrected chi connectivity index (χ0v) is 8.28. The van der Waals surface area contributed by atoms with E-state index < -0.39 is 0 Å². The summed E-state index contributed by atoms with van der Waals surface area (Å²) >= 11 is 5.59. The van der Waals surface area contributed by atoms with Crippen molar-refractivity contribution in [3.05, 3.63) is 35.4 Å². The topological polar surface area (TPSA) is 29.5 Å². The van der Waals surface area contributed by atoms with Gasteiger partial charge >= 0.3 is 0 Å². The second-order valence-electron chi connectivity index (χ2n) is 2.82. The third kappa shape index (κ3) is 1.14.